The second-order valence-electron chi connectivity index (χ2n) is 8.84. The standard InChI is InChI=1S/C24H20F2N2O4/c25-23(26)32-21-15(12-1-6-18-13(9-12)10-27-24(18)7-8-24)4-5-16-19(21)28(14-2-3-14)11-17(20(16)29)22(30)31/h1,4-6,9,11,14,23,27H,2-3,7-8,10H2,(H,30,31). The molecule has 2 saturated carbocycles. The van der Waals surface area contributed by atoms with Crippen molar-refractivity contribution in [1.29, 1.82) is 0 Å². The molecular weight excluding hydrogens is 418 g/mol. The van der Waals surface area contributed by atoms with E-state index in [1.54, 1.807) is 10.6 Å². The lowest BCUT2D eigenvalue weighted by atomic mass is 9.95. The summed E-state index contributed by atoms with van der Waals surface area (Å²) < 4.78 is 33.7. The number of nitrogens with one attached hydrogen (secondary N) is 1. The fourth-order valence-corrected chi connectivity index (χ4v) is 4.95. The van der Waals surface area contributed by atoms with E-state index < -0.39 is 18.0 Å². The summed E-state index contributed by atoms with van der Waals surface area (Å²) in [6.45, 7) is -2.37. The van der Waals surface area contributed by atoms with Crippen LogP contribution in [-0.2, 0) is 12.1 Å². The predicted octanol–water partition coefficient (Wildman–Crippen LogP) is 4.40. The molecule has 2 N–H and O–H groups in total. The van der Waals surface area contributed by atoms with Gasteiger partial charge >= 0.3 is 12.6 Å². The Kier molecular flexibility index (Phi) is 4.02. The minimum atomic E-state index is -3.09. The number of rotatable bonds is 5. The van der Waals surface area contributed by atoms with Crippen molar-refractivity contribution < 1.29 is 23.4 Å². The van der Waals surface area contributed by atoms with Crippen LogP contribution >= 0.6 is 0 Å². The van der Waals surface area contributed by atoms with Gasteiger partial charge < -0.3 is 19.7 Å². The van der Waals surface area contributed by atoms with E-state index in [2.05, 4.69) is 5.32 Å². The Morgan fingerprint density at radius 3 is 2.66 bits per heavy atom. The van der Waals surface area contributed by atoms with Gasteiger partial charge in [-0.1, -0.05) is 12.1 Å². The first-order valence-electron chi connectivity index (χ1n) is 10.7. The number of halogens is 2. The predicted molar refractivity (Wildman–Crippen MR) is 113 cm³/mol. The molecule has 6 nitrogen and oxygen atoms in total. The smallest absolute Gasteiger partial charge is 0.387 e. The van der Waals surface area contributed by atoms with Gasteiger partial charge in [-0.15, -0.1) is 0 Å². The number of aromatic nitrogens is 1. The van der Waals surface area contributed by atoms with Crippen LogP contribution in [0.3, 0.4) is 0 Å². The second-order valence-corrected chi connectivity index (χ2v) is 8.84. The van der Waals surface area contributed by atoms with Crippen LogP contribution in [0.1, 0.15) is 53.2 Å². The normalized spacial score (nSPS) is 18.3. The maximum absolute atomic E-state index is 13.5. The molecular formula is C24H20F2N2O4. The zero-order chi connectivity index (χ0) is 22.2. The van der Waals surface area contributed by atoms with Gasteiger partial charge in [0.15, 0.2) is 5.75 Å². The molecule has 164 valence electrons. The molecule has 6 rings (SSSR count). The number of aromatic carboxylic acids is 1. The topological polar surface area (TPSA) is 80.6 Å². The second kappa shape index (κ2) is 6.62. The van der Waals surface area contributed by atoms with Gasteiger partial charge in [0.25, 0.3) is 0 Å². The average molecular weight is 438 g/mol. The molecule has 2 aliphatic carbocycles. The third kappa shape index (κ3) is 2.86. The Balaban J connectivity index is 1.61. The van der Waals surface area contributed by atoms with E-state index in [4.69, 9.17) is 4.74 Å². The molecule has 0 saturated heterocycles. The number of carboxylic acid groups (broad SMARTS) is 1. The summed E-state index contributed by atoms with van der Waals surface area (Å²) in [5.41, 5.74) is 2.76. The summed E-state index contributed by atoms with van der Waals surface area (Å²) in [6, 6.07) is 8.96. The number of pyridine rings is 1. The molecule has 3 aromatic rings. The zero-order valence-electron chi connectivity index (χ0n) is 17.0. The lowest BCUT2D eigenvalue weighted by Gasteiger charge is -2.19. The van der Waals surface area contributed by atoms with Crippen molar-refractivity contribution >= 4 is 16.9 Å². The SMILES string of the molecule is O=C(O)c1cn(C2CC2)c2c(OC(F)F)c(-c3ccc4c(c3)CNC43CC3)ccc2c1=O. The highest BCUT2D eigenvalue weighted by atomic mass is 19.3. The van der Waals surface area contributed by atoms with Gasteiger partial charge in [-0.3, -0.25) is 4.79 Å². The molecule has 2 aromatic carbocycles. The number of fused-ring (bicyclic) bond motifs is 3. The largest absolute Gasteiger partial charge is 0.477 e. The van der Waals surface area contributed by atoms with Crippen molar-refractivity contribution in [3.8, 4) is 16.9 Å². The molecule has 0 atom stereocenters. The van der Waals surface area contributed by atoms with E-state index in [0.717, 1.165) is 43.4 Å². The van der Waals surface area contributed by atoms with Crippen molar-refractivity contribution in [1.82, 2.24) is 9.88 Å². The zero-order valence-corrected chi connectivity index (χ0v) is 17.0. The average Bonchev–Trinajstić information content (AvgIpc) is 3.67. The van der Waals surface area contributed by atoms with Crippen LogP contribution < -0.4 is 15.5 Å². The van der Waals surface area contributed by atoms with E-state index in [-0.39, 0.29) is 33.8 Å². The van der Waals surface area contributed by atoms with Crippen molar-refractivity contribution in [3.05, 3.63) is 63.4 Å². The van der Waals surface area contributed by atoms with Gasteiger partial charge in [0.05, 0.1) is 10.9 Å². The Bertz CT molecular complexity index is 1360. The molecule has 2 fully saturated rings. The molecule has 0 unspecified atom stereocenters. The van der Waals surface area contributed by atoms with Gasteiger partial charge in [0.2, 0.25) is 5.43 Å². The van der Waals surface area contributed by atoms with Crippen LogP contribution in [0.5, 0.6) is 5.75 Å². The van der Waals surface area contributed by atoms with Crippen molar-refractivity contribution in [2.24, 2.45) is 0 Å². The highest BCUT2D eigenvalue weighted by Gasteiger charge is 2.48. The first kappa shape index (κ1) is 19.4. The maximum atomic E-state index is 13.5. The maximum Gasteiger partial charge on any atom is 0.387 e. The molecule has 0 radical (unpaired) electrons. The van der Waals surface area contributed by atoms with Crippen molar-refractivity contribution in [2.75, 3.05) is 0 Å². The molecule has 1 aliphatic heterocycles. The molecule has 32 heavy (non-hydrogen) atoms. The first-order valence-corrected chi connectivity index (χ1v) is 10.7. The van der Waals surface area contributed by atoms with Crippen LogP contribution in [0.2, 0.25) is 0 Å². The van der Waals surface area contributed by atoms with Crippen LogP contribution in [-0.4, -0.2) is 22.3 Å². The Hall–Kier alpha value is -3.26. The molecule has 1 spiro atoms. The summed E-state index contributed by atoms with van der Waals surface area (Å²) in [6.07, 6.45) is 5.00. The summed E-state index contributed by atoms with van der Waals surface area (Å²) in [5.74, 6) is -1.43. The number of carbonyl (C=O) groups is 1. The summed E-state index contributed by atoms with van der Waals surface area (Å²) >= 11 is 0. The third-order valence-electron chi connectivity index (χ3n) is 6.82. The van der Waals surface area contributed by atoms with Gasteiger partial charge in [-0.2, -0.15) is 8.78 Å². The summed E-state index contributed by atoms with van der Waals surface area (Å²) in [7, 11) is 0. The van der Waals surface area contributed by atoms with Gasteiger partial charge in [-0.05, 0) is 60.6 Å². The number of benzene rings is 2. The van der Waals surface area contributed by atoms with Gasteiger partial charge in [0, 0.05) is 29.9 Å². The Morgan fingerprint density at radius 1 is 1.22 bits per heavy atom. The monoisotopic (exact) mass is 438 g/mol. The Labute approximate surface area is 181 Å². The highest BCUT2D eigenvalue weighted by Crippen LogP contribution is 2.51. The molecule has 0 amide bonds. The Morgan fingerprint density at radius 2 is 2.00 bits per heavy atom. The van der Waals surface area contributed by atoms with E-state index in [0.29, 0.717) is 5.56 Å². The fraction of sp³-hybridized carbons (Fsp3) is 0.333. The highest BCUT2D eigenvalue weighted by molar-refractivity contribution is 5.97. The molecule has 8 heteroatoms. The van der Waals surface area contributed by atoms with E-state index >= 15 is 0 Å². The lowest BCUT2D eigenvalue weighted by molar-refractivity contribution is -0.0486. The summed E-state index contributed by atoms with van der Waals surface area (Å²) in [4.78, 5) is 24.4. The summed E-state index contributed by atoms with van der Waals surface area (Å²) in [5, 5.41) is 13.1. The van der Waals surface area contributed by atoms with Crippen molar-refractivity contribution in [3.63, 3.8) is 0 Å². The number of nitrogens with zero attached hydrogens (tertiary/aromatic N) is 1. The van der Waals surface area contributed by atoms with E-state index in [1.807, 2.05) is 18.2 Å². The number of hydrogen-bond acceptors (Lipinski definition) is 4. The van der Waals surface area contributed by atoms with Gasteiger partial charge in [-0.25, -0.2) is 4.79 Å². The molecule has 1 aromatic heterocycles. The van der Waals surface area contributed by atoms with Gasteiger partial charge in [0.1, 0.15) is 5.56 Å². The lowest BCUT2D eigenvalue weighted by Crippen LogP contribution is -2.19. The van der Waals surface area contributed by atoms with Crippen LogP contribution in [0.4, 0.5) is 8.78 Å². The number of ether oxygens (including phenoxy) is 1. The first-order chi connectivity index (χ1) is 15.4. The molecule has 3 aliphatic rings. The number of alkyl halides is 2. The quantitative estimate of drug-likeness (QED) is 0.618. The van der Waals surface area contributed by atoms with Crippen LogP contribution in [0.15, 0.2) is 41.3 Å². The van der Waals surface area contributed by atoms with Crippen LogP contribution in [0, 0.1) is 0 Å². The third-order valence-corrected chi connectivity index (χ3v) is 6.82. The minimum Gasteiger partial charge on any atom is -0.477 e. The fourth-order valence-electron chi connectivity index (χ4n) is 4.95. The molecule has 2 heterocycles. The van der Waals surface area contributed by atoms with E-state index in [9.17, 15) is 23.5 Å². The number of hydrogen-bond donors (Lipinski definition) is 2. The van der Waals surface area contributed by atoms with Crippen molar-refractivity contribution in [2.45, 2.75) is 50.4 Å². The number of carboxylic acids is 1. The molecule has 0 bridgehead atoms. The van der Waals surface area contributed by atoms with Crippen LogP contribution in [0.25, 0.3) is 22.0 Å². The van der Waals surface area contributed by atoms with E-state index in [1.165, 1.54) is 17.8 Å². The minimum absolute atomic E-state index is 0.0505.